The molecular formula is C25H21ClF2N4OS. The molecule has 0 fully saturated rings. The van der Waals surface area contributed by atoms with E-state index in [2.05, 4.69) is 15.0 Å². The van der Waals surface area contributed by atoms with E-state index in [0.717, 1.165) is 11.1 Å². The molecule has 1 N–H and O–H groups in total. The summed E-state index contributed by atoms with van der Waals surface area (Å²) in [6.07, 6.45) is 3.33. The number of carbonyl (C=O) groups is 1. The second-order valence-corrected chi connectivity index (χ2v) is 9.08. The van der Waals surface area contributed by atoms with Gasteiger partial charge in [-0.25, -0.2) is 13.8 Å². The van der Waals surface area contributed by atoms with Gasteiger partial charge in [0.05, 0.1) is 5.02 Å². The molecule has 0 bridgehead atoms. The molecule has 2 aromatic carbocycles. The highest BCUT2D eigenvalue weighted by atomic mass is 35.5. The molecule has 4 aromatic rings. The van der Waals surface area contributed by atoms with Crippen LogP contribution in [0.1, 0.15) is 27.2 Å². The Hall–Kier alpha value is -3.23. The summed E-state index contributed by atoms with van der Waals surface area (Å²) in [6.45, 7) is 2.18. The second-order valence-electron chi connectivity index (χ2n) is 7.73. The van der Waals surface area contributed by atoms with E-state index in [9.17, 15) is 13.6 Å². The van der Waals surface area contributed by atoms with Gasteiger partial charge in [0.1, 0.15) is 28.2 Å². The standard InChI is InChI=1S/C25H21ClF2N4OS/c1-15-3-8-20(28)19(21(15)26)14-34-24-22(25(33)32(2)13-16-9-11-29-12-10-16)30-23(31-24)17-4-6-18(27)7-5-17/h3-12H,13-14H2,1-2H3,(H,30,31). The Morgan fingerprint density at radius 2 is 1.79 bits per heavy atom. The summed E-state index contributed by atoms with van der Waals surface area (Å²) in [7, 11) is 1.69. The van der Waals surface area contributed by atoms with Crippen LogP contribution in [-0.4, -0.2) is 32.8 Å². The quantitative estimate of drug-likeness (QED) is 0.305. The van der Waals surface area contributed by atoms with Crippen molar-refractivity contribution in [1.82, 2.24) is 19.9 Å². The lowest BCUT2D eigenvalue weighted by Gasteiger charge is -2.17. The van der Waals surface area contributed by atoms with Gasteiger partial charge in [0.25, 0.3) is 5.91 Å². The Morgan fingerprint density at radius 3 is 2.50 bits per heavy atom. The molecule has 0 atom stereocenters. The number of carbonyl (C=O) groups excluding carboxylic acids is 1. The monoisotopic (exact) mass is 498 g/mol. The molecule has 2 aromatic heterocycles. The molecule has 1 amide bonds. The summed E-state index contributed by atoms with van der Waals surface area (Å²) in [5.41, 5.74) is 2.93. The van der Waals surface area contributed by atoms with Crippen molar-refractivity contribution in [2.45, 2.75) is 24.2 Å². The highest BCUT2D eigenvalue weighted by Crippen LogP contribution is 2.33. The molecule has 0 saturated heterocycles. The molecular weight excluding hydrogens is 478 g/mol. The molecule has 0 aliphatic heterocycles. The number of aryl methyl sites for hydroxylation is 1. The second kappa shape index (κ2) is 10.4. The fraction of sp³-hybridized carbons (Fsp3) is 0.160. The third kappa shape index (κ3) is 5.29. The van der Waals surface area contributed by atoms with Crippen molar-refractivity contribution < 1.29 is 13.6 Å². The molecule has 0 unspecified atom stereocenters. The summed E-state index contributed by atoms with van der Waals surface area (Å²) >= 11 is 7.54. The van der Waals surface area contributed by atoms with Gasteiger partial charge in [0.15, 0.2) is 0 Å². The van der Waals surface area contributed by atoms with E-state index < -0.39 is 5.82 Å². The smallest absolute Gasteiger partial charge is 0.273 e. The van der Waals surface area contributed by atoms with Crippen LogP contribution in [0.2, 0.25) is 5.02 Å². The number of aromatic amines is 1. The lowest BCUT2D eigenvalue weighted by Crippen LogP contribution is -2.27. The number of nitrogens with one attached hydrogen (secondary N) is 1. The molecule has 9 heteroatoms. The zero-order valence-corrected chi connectivity index (χ0v) is 20.1. The van der Waals surface area contributed by atoms with Gasteiger partial charge < -0.3 is 9.88 Å². The number of nitrogens with zero attached hydrogens (tertiary/aromatic N) is 3. The Kier molecular flexibility index (Phi) is 7.29. The van der Waals surface area contributed by atoms with E-state index in [-0.39, 0.29) is 23.2 Å². The average molecular weight is 499 g/mol. The minimum atomic E-state index is -0.417. The normalized spacial score (nSPS) is 11.0. The first-order valence-corrected chi connectivity index (χ1v) is 11.8. The molecule has 2 heterocycles. The van der Waals surface area contributed by atoms with Gasteiger partial charge in [-0.2, -0.15) is 0 Å². The zero-order valence-electron chi connectivity index (χ0n) is 18.5. The van der Waals surface area contributed by atoms with Crippen molar-refractivity contribution in [2.24, 2.45) is 0 Å². The highest BCUT2D eigenvalue weighted by molar-refractivity contribution is 7.98. The van der Waals surface area contributed by atoms with E-state index in [1.165, 1.54) is 30.0 Å². The Balaban J connectivity index is 1.65. The van der Waals surface area contributed by atoms with Crippen LogP contribution in [0.5, 0.6) is 0 Å². The van der Waals surface area contributed by atoms with Crippen LogP contribution >= 0.6 is 23.4 Å². The van der Waals surface area contributed by atoms with Crippen molar-refractivity contribution in [2.75, 3.05) is 7.05 Å². The summed E-state index contributed by atoms with van der Waals surface area (Å²) in [5, 5.41) is 0.757. The van der Waals surface area contributed by atoms with E-state index in [1.807, 2.05) is 12.1 Å². The SMILES string of the molecule is Cc1ccc(F)c(CSc2nc(-c3ccc(F)cc3)[nH]c2C(=O)N(C)Cc2ccncc2)c1Cl. The molecule has 4 rings (SSSR count). The van der Waals surface area contributed by atoms with Crippen molar-refractivity contribution in [3.8, 4) is 11.4 Å². The van der Waals surface area contributed by atoms with Crippen molar-refractivity contribution in [3.05, 3.63) is 100.0 Å². The van der Waals surface area contributed by atoms with Crippen molar-refractivity contribution in [3.63, 3.8) is 0 Å². The molecule has 0 aliphatic carbocycles. The van der Waals surface area contributed by atoms with E-state index in [1.54, 1.807) is 49.5 Å². The van der Waals surface area contributed by atoms with E-state index in [0.29, 0.717) is 33.5 Å². The van der Waals surface area contributed by atoms with Crippen LogP contribution in [-0.2, 0) is 12.3 Å². The molecule has 0 aliphatic rings. The number of halogens is 3. The third-order valence-electron chi connectivity index (χ3n) is 5.25. The van der Waals surface area contributed by atoms with Gasteiger partial charge >= 0.3 is 0 Å². The minimum absolute atomic E-state index is 0.189. The molecule has 0 spiro atoms. The van der Waals surface area contributed by atoms with Crippen LogP contribution in [0.15, 0.2) is 66.0 Å². The first-order chi connectivity index (χ1) is 16.3. The number of pyridine rings is 1. The number of benzene rings is 2. The molecule has 34 heavy (non-hydrogen) atoms. The molecule has 0 saturated carbocycles. The van der Waals surface area contributed by atoms with Gasteiger partial charge in [-0.05, 0) is 60.5 Å². The summed E-state index contributed by atoms with van der Waals surface area (Å²) in [6, 6.07) is 12.5. The number of aromatic nitrogens is 3. The van der Waals surface area contributed by atoms with E-state index in [4.69, 9.17) is 11.6 Å². The lowest BCUT2D eigenvalue weighted by atomic mass is 10.1. The van der Waals surface area contributed by atoms with Gasteiger partial charge in [-0.1, -0.05) is 29.4 Å². The first kappa shape index (κ1) is 23.9. The summed E-state index contributed by atoms with van der Waals surface area (Å²) < 4.78 is 27.8. The Morgan fingerprint density at radius 1 is 1.09 bits per heavy atom. The topological polar surface area (TPSA) is 61.9 Å². The number of amides is 1. The number of hydrogen-bond donors (Lipinski definition) is 1. The lowest BCUT2D eigenvalue weighted by molar-refractivity contribution is 0.0776. The molecule has 5 nitrogen and oxygen atoms in total. The Labute approximate surface area is 205 Å². The maximum absolute atomic E-state index is 14.4. The Bertz CT molecular complexity index is 1310. The number of imidazole rings is 1. The number of thioether (sulfide) groups is 1. The van der Waals surface area contributed by atoms with Crippen molar-refractivity contribution in [1.29, 1.82) is 0 Å². The number of hydrogen-bond acceptors (Lipinski definition) is 4. The number of H-pyrrole nitrogens is 1. The van der Waals surface area contributed by atoms with Crippen LogP contribution in [0.3, 0.4) is 0 Å². The fourth-order valence-electron chi connectivity index (χ4n) is 3.36. The third-order valence-corrected chi connectivity index (χ3v) is 6.78. The predicted octanol–water partition coefficient (Wildman–Crippen LogP) is 6.28. The minimum Gasteiger partial charge on any atom is -0.336 e. The molecule has 174 valence electrons. The average Bonchev–Trinajstić information content (AvgIpc) is 3.26. The number of rotatable bonds is 7. The van der Waals surface area contributed by atoms with Crippen LogP contribution in [0.4, 0.5) is 8.78 Å². The largest absolute Gasteiger partial charge is 0.336 e. The van der Waals surface area contributed by atoms with Gasteiger partial charge in [0.2, 0.25) is 0 Å². The maximum Gasteiger partial charge on any atom is 0.273 e. The van der Waals surface area contributed by atoms with Crippen LogP contribution in [0.25, 0.3) is 11.4 Å². The van der Waals surface area contributed by atoms with Crippen molar-refractivity contribution >= 4 is 29.3 Å². The van der Waals surface area contributed by atoms with Crippen LogP contribution < -0.4 is 0 Å². The predicted molar refractivity (Wildman–Crippen MR) is 130 cm³/mol. The highest BCUT2D eigenvalue weighted by Gasteiger charge is 2.23. The summed E-state index contributed by atoms with van der Waals surface area (Å²) in [4.78, 5) is 26.5. The van der Waals surface area contributed by atoms with Gasteiger partial charge in [-0.3, -0.25) is 9.78 Å². The maximum atomic E-state index is 14.4. The van der Waals surface area contributed by atoms with Crippen LogP contribution in [0, 0.1) is 18.6 Å². The van der Waals surface area contributed by atoms with E-state index >= 15 is 0 Å². The fourth-order valence-corrected chi connectivity index (χ4v) is 4.66. The first-order valence-electron chi connectivity index (χ1n) is 10.4. The summed E-state index contributed by atoms with van der Waals surface area (Å²) in [5.74, 6) is -0.466. The zero-order chi connectivity index (χ0) is 24.2. The molecule has 0 radical (unpaired) electrons. The van der Waals surface area contributed by atoms with Gasteiger partial charge in [0, 0.05) is 42.9 Å². The van der Waals surface area contributed by atoms with Gasteiger partial charge in [-0.15, -0.1) is 0 Å².